The summed E-state index contributed by atoms with van der Waals surface area (Å²) in [7, 11) is 1.58. The fraction of sp³-hybridized carbons (Fsp3) is 0.333. The first-order valence-electron chi connectivity index (χ1n) is 8.79. The van der Waals surface area contributed by atoms with Gasteiger partial charge in [0.05, 0.1) is 13.7 Å². The first-order chi connectivity index (χ1) is 12.5. The molecule has 0 fully saturated rings. The average molecular weight is 354 g/mol. The van der Waals surface area contributed by atoms with Gasteiger partial charge in [-0.25, -0.2) is 0 Å². The van der Waals surface area contributed by atoms with Crippen molar-refractivity contribution in [2.45, 2.75) is 26.7 Å². The van der Waals surface area contributed by atoms with Crippen molar-refractivity contribution in [1.29, 1.82) is 0 Å². The molecule has 26 heavy (non-hydrogen) atoms. The second-order valence-electron chi connectivity index (χ2n) is 6.17. The van der Waals surface area contributed by atoms with Crippen LogP contribution >= 0.6 is 0 Å². The molecule has 0 aromatic heterocycles. The molecular formula is C21H26N2O3. The van der Waals surface area contributed by atoms with Crippen molar-refractivity contribution in [2.75, 3.05) is 25.5 Å². The number of nitrogens with one attached hydrogen (secondary N) is 1. The summed E-state index contributed by atoms with van der Waals surface area (Å²) in [6.45, 7) is 4.45. The van der Waals surface area contributed by atoms with E-state index in [1.807, 2.05) is 44.2 Å². The number of benzene rings is 2. The van der Waals surface area contributed by atoms with Gasteiger partial charge < -0.3 is 15.0 Å². The van der Waals surface area contributed by atoms with Crippen molar-refractivity contribution >= 4 is 17.5 Å². The second-order valence-corrected chi connectivity index (χ2v) is 6.17. The molecule has 0 aliphatic carbocycles. The van der Waals surface area contributed by atoms with Gasteiger partial charge in [0.25, 0.3) is 0 Å². The average Bonchev–Trinajstić information content (AvgIpc) is 2.65. The van der Waals surface area contributed by atoms with Crippen molar-refractivity contribution in [3.63, 3.8) is 0 Å². The lowest BCUT2D eigenvalue weighted by molar-refractivity contribution is -0.134. The standard InChI is InChI=1S/C21H26N2O3/c1-4-23(21(25)13-12-17-10-8-16(2)9-11-17)15-20(24)22-18-6-5-7-19(14-18)26-3/h5-11,14H,4,12-13,15H2,1-3H3,(H,22,24). The molecule has 5 nitrogen and oxygen atoms in total. The van der Waals surface area contributed by atoms with Crippen LogP contribution in [-0.4, -0.2) is 36.9 Å². The van der Waals surface area contributed by atoms with Gasteiger partial charge in [-0.15, -0.1) is 0 Å². The molecule has 0 aliphatic heterocycles. The van der Waals surface area contributed by atoms with Crippen LogP contribution in [0.4, 0.5) is 5.69 Å². The molecule has 0 spiro atoms. The topological polar surface area (TPSA) is 58.6 Å². The van der Waals surface area contributed by atoms with Crippen LogP contribution in [0.1, 0.15) is 24.5 Å². The Balaban J connectivity index is 1.87. The van der Waals surface area contributed by atoms with Crippen molar-refractivity contribution in [1.82, 2.24) is 4.90 Å². The maximum atomic E-state index is 12.4. The number of anilines is 1. The third kappa shape index (κ3) is 5.92. The zero-order valence-corrected chi connectivity index (χ0v) is 15.6. The molecule has 1 N–H and O–H groups in total. The minimum Gasteiger partial charge on any atom is -0.497 e. The summed E-state index contributed by atoms with van der Waals surface area (Å²) in [6, 6.07) is 15.3. The van der Waals surface area contributed by atoms with E-state index < -0.39 is 0 Å². The Kier molecular flexibility index (Phi) is 7.21. The molecule has 0 unspecified atom stereocenters. The van der Waals surface area contributed by atoms with E-state index in [1.165, 1.54) is 5.56 Å². The predicted molar refractivity (Wildman–Crippen MR) is 103 cm³/mol. The molecule has 0 atom stereocenters. The van der Waals surface area contributed by atoms with Crippen LogP contribution < -0.4 is 10.1 Å². The summed E-state index contributed by atoms with van der Waals surface area (Å²) >= 11 is 0. The number of hydrogen-bond acceptors (Lipinski definition) is 3. The van der Waals surface area contributed by atoms with Gasteiger partial charge in [-0.05, 0) is 38.0 Å². The fourth-order valence-corrected chi connectivity index (χ4v) is 2.62. The highest BCUT2D eigenvalue weighted by atomic mass is 16.5. The zero-order chi connectivity index (χ0) is 18.9. The van der Waals surface area contributed by atoms with Gasteiger partial charge in [-0.2, -0.15) is 0 Å². The van der Waals surface area contributed by atoms with E-state index in [2.05, 4.69) is 5.32 Å². The molecular weight excluding hydrogens is 328 g/mol. The maximum absolute atomic E-state index is 12.4. The van der Waals surface area contributed by atoms with Crippen molar-refractivity contribution < 1.29 is 14.3 Å². The first-order valence-corrected chi connectivity index (χ1v) is 8.79. The Labute approximate surface area is 155 Å². The minimum absolute atomic E-state index is 0.0196. The lowest BCUT2D eigenvalue weighted by Gasteiger charge is -2.20. The Morgan fingerprint density at radius 3 is 2.50 bits per heavy atom. The number of aryl methyl sites for hydroxylation is 2. The van der Waals surface area contributed by atoms with Crippen LogP contribution in [-0.2, 0) is 16.0 Å². The van der Waals surface area contributed by atoms with E-state index in [0.29, 0.717) is 30.8 Å². The SMILES string of the molecule is CCN(CC(=O)Nc1cccc(OC)c1)C(=O)CCc1ccc(C)cc1. The van der Waals surface area contributed by atoms with Gasteiger partial charge in [0, 0.05) is 24.7 Å². The van der Waals surface area contributed by atoms with Crippen molar-refractivity contribution in [3.05, 3.63) is 59.7 Å². The number of hydrogen-bond donors (Lipinski definition) is 1. The fourth-order valence-electron chi connectivity index (χ4n) is 2.62. The summed E-state index contributed by atoms with van der Waals surface area (Å²) in [4.78, 5) is 26.3. The van der Waals surface area contributed by atoms with Crippen molar-refractivity contribution in [2.24, 2.45) is 0 Å². The molecule has 0 aliphatic rings. The van der Waals surface area contributed by atoms with E-state index in [4.69, 9.17) is 4.74 Å². The van der Waals surface area contributed by atoms with E-state index in [0.717, 1.165) is 5.56 Å². The number of methoxy groups -OCH3 is 1. The molecule has 138 valence electrons. The number of ether oxygens (including phenoxy) is 1. The van der Waals surface area contributed by atoms with Gasteiger partial charge in [0.2, 0.25) is 11.8 Å². The van der Waals surface area contributed by atoms with E-state index in [9.17, 15) is 9.59 Å². The first kappa shape index (κ1) is 19.5. The molecule has 0 heterocycles. The van der Waals surface area contributed by atoms with Crippen molar-refractivity contribution in [3.8, 4) is 5.75 Å². The maximum Gasteiger partial charge on any atom is 0.243 e. The van der Waals surface area contributed by atoms with Crippen LogP contribution in [0.3, 0.4) is 0 Å². The molecule has 0 saturated heterocycles. The van der Waals surface area contributed by atoms with Crippen LogP contribution in [0.2, 0.25) is 0 Å². The van der Waals surface area contributed by atoms with Crippen LogP contribution in [0, 0.1) is 6.92 Å². The highest BCUT2D eigenvalue weighted by Gasteiger charge is 2.15. The second kappa shape index (κ2) is 9.61. The van der Waals surface area contributed by atoms with Gasteiger partial charge in [-0.3, -0.25) is 9.59 Å². The summed E-state index contributed by atoms with van der Waals surface area (Å²) in [6.07, 6.45) is 1.07. The Bertz CT molecular complexity index is 741. The predicted octanol–water partition coefficient (Wildman–Crippen LogP) is 3.42. The number of likely N-dealkylation sites (N-methyl/N-ethyl adjacent to an activating group) is 1. The highest BCUT2D eigenvalue weighted by Crippen LogP contribution is 2.16. The monoisotopic (exact) mass is 354 g/mol. The zero-order valence-electron chi connectivity index (χ0n) is 15.6. The number of carbonyl (C=O) groups is 2. The van der Waals surface area contributed by atoms with Gasteiger partial charge >= 0.3 is 0 Å². The molecule has 2 aromatic carbocycles. The smallest absolute Gasteiger partial charge is 0.243 e. The number of rotatable bonds is 8. The van der Waals surface area contributed by atoms with E-state index in [-0.39, 0.29) is 18.4 Å². The molecule has 5 heteroatoms. The Morgan fingerprint density at radius 1 is 1.12 bits per heavy atom. The highest BCUT2D eigenvalue weighted by molar-refractivity contribution is 5.94. The van der Waals surface area contributed by atoms with E-state index >= 15 is 0 Å². The third-order valence-electron chi connectivity index (χ3n) is 4.17. The normalized spacial score (nSPS) is 10.3. The molecule has 0 radical (unpaired) electrons. The molecule has 2 aromatic rings. The van der Waals surface area contributed by atoms with E-state index in [1.54, 1.807) is 30.2 Å². The number of nitrogens with zero attached hydrogens (tertiary/aromatic N) is 1. The van der Waals surface area contributed by atoms with Crippen LogP contribution in [0.15, 0.2) is 48.5 Å². The summed E-state index contributed by atoms with van der Waals surface area (Å²) in [5.41, 5.74) is 2.97. The molecule has 0 saturated carbocycles. The summed E-state index contributed by atoms with van der Waals surface area (Å²) < 4.78 is 5.14. The van der Waals surface area contributed by atoms with Crippen LogP contribution in [0.5, 0.6) is 5.75 Å². The van der Waals surface area contributed by atoms with Gasteiger partial charge in [0.1, 0.15) is 5.75 Å². The lowest BCUT2D eigenvalue weighted by atomic mass is 10.1. The van der Waals surface area contributed by atoms with Crippen LogP contribution in [0.25, 0.3) is 0 Å². The minimum atomic E-state index is -0.219. The molecule has 2 rings (SSSR count). The van der Waals surface area contributed by atoms with Gasteiger partial charge in [-0.1, -0.05) is 35.9 Å². The molecule has 0 bridgehead atoms. The molecule has 2 amide bonds. The number of amides is 2. The van der Waals surface area contributed by atoms with Gasteiger partial charge in [0.15, 0.2) is 0 Å². The lowest BCUT2D eigenvalue weighted by Crippen LogP contribution is -2.38. The Hall–Kier alpha value is -2.82. The quantitative estimate of drug-likeness (QED) is 0.790. The third-order valence-corrected chi connectivity index (χ3v) is 4.17. The summed E-state index contributed by atoms with van der Waals surface area (Å²) in [5.74, 6) is 0.432. The summed E-state index contributed by atoms with van der Waals surface area (Å²) in [5, 5.41) is 2.80. The number of carbonyl (C=O) groups excluding carboxylic acids is 2. The largest absolute Gasteiger partial charge is 0.497 e. The Morgan fingerprint density at radius 2 is 1.85 bits per heavy atom.